The van der Waals surface area contributed by atoms with Crippen molar-refractivity contribution >= 4 is 52.4 Å². The molecule has 2 rings (SSSR count). The first-order valence-electron chi connectivity index (χ1n) is 7.11. The predicted molar refractivity (Wildman–Crippen MR) is 95.4 cm³/mol. The third-order valence-corrected chi connectivity index (χ3v) is 3.88. The Labute approximate surface area is 166 Å². The zero-order valence-electron chi connectivity index (χ0n) is 13.1. The Morgan fingerprint density at radius 1 is 1.11 bits per heavy atom. The SMILES string of the molecule is O=C(NC(=O)c1ccccc1Cl)Nc1ccc(OC(F)(F)C(Cl)Cl)cc1F. The molecular formula is C16H10Cl3F3N2O3. The van der Waals surface area contributed by atoms with Crippen LogP contribution in [0.5, 0.6) is 5.75 Å². The molecule has 0 aliphatic carbocycles. The number of carbonyl (C=O) groups is 2. The molecule has 0 fully saturated rings. The van der Waals surface area contributed by atoms with Crippen LogP contribution in [0.3, 0.4) is 0 Å². The second-order valence-electron chi connectivity index (χ2n) is 4.99. The molecule has 0 spiro atoms. The van der Waals surface area contributed by atoms with E-state index in [0.29, 0.717) is 6.07 Å². The van der Waals surface area contributed by atoms with Gasteiger partial charge in [0.1, 0.15) is 11.6 Å². The number of imide groups is 1. The Bertz CT molecular complexity index is 866. The molecule has 144 valence electrons. The number of hydrogen-bond donors (Lipinski definition) is 2. The summed E-state index contributed by atoms with van der Waals surface area (Å²) in [6.07, 6.45) is -3.94. The molecule has 0 atom stereocenters. The fourth-order valence-corrected chi connectivity index (χ4v) is 2.14. The summed E-state index contributed by atoms with van der Waals surface area (Å²) in [5, 5.41) is 4.13. The number of ether oxygens (including phenoxy) is 1. The topological polar surface area (TPSA) is 67.4 Å². The van der Waals surface area contributed by atoms with E-state index >= 15 is 0 Å². The zero-order valence-corrected chi connectivity index (χ0v) is 15.4. The minimum Gasteiger partial charge on any atom is -0.430 e. The number of amides is 3. The molecule has 2 N–H and O–H groups in total. The van der Waals surface area contributed by atoms with Crippen LogP contribution in [0.1, 0.15) is 10.4 Å². The number of urea groups is 1. The van der Waals surface area contributed by atoms with E-state index in [1.165, 1.54) is 12.1 Å². The first-order chi connectivity index (χ1) is 12.6. The van der Waals surface area contributed by atoms with E-state index in [1.54, 1.807) is 12.1 Å². The number of rotatable bonds is 5. The lowest BCUT2D eigenvalue weighted by atomic mass is 10.2. The Morgan fingerprint density at radius 3 is 2.37 bits per heavy atom. The lowest BCUT2D eigenvalue weighted by Crippen LogP contribution is -2.34. The average molecular weight is 442 g/mol. The number of benzene rings is 2. The van der Waals surface area contributed by atoms with E-state index in [9.17, 15) is 22.8 Å². The lowest BCUT2D eigenvalue weighted by molar-refractivity contribution is -0.163. The number of anilines is 1. The van der Waals surface area contributed by atoms with Crippen molar-refractivity contribution in [1.29, 1.82) is 0 Å². The van der Waals surface area contributed by atoms with Gasteiger partial charge in [0.2, 0.25) is 4.84 Å². The lowest BCUT2D eigenvalue weighted by Gasteiger charge is -2.19. The van der Waals surface area contributed by atoms with E-state index in [2.05, 4.69) is 10.1 Å². The molecule has 2 aromatic carbocycles. The smallest absolute Gasteiger partial charge is 0.428 e. The number of hydrogen-bond acceptors (Lipinski definition) is 3. The van der Waals surface area contributed by atoms with Gasteiger partial charge in [-0.3, -0.25) is 10.1 Å². The van der Waals surface area contributed by atoms with E-state index in [1.807, 2.05) is 5.32 Å². The van der Waals surface area contributed by atoms with E-state index in [4.69, 9.17) is 34.8 Å². The van der Waals surface area contributed by atoms with Crippen LogP contribution in [0.15, 0.2) is 42.5 Å². The predicted octanol–water partition coefficient (Wildman–Crippen LogP) is 5.22. The fourth-order valence-electron chi connectivity index (χ4n) is 1.83. The summed E-state index contributed by atoms with van der Waals surface area (Å²) in [6, 6.07) is 7.43. The van der Waals surface area contributed by atoms with Crippen molar-refractivity contribution in [2.75, 3.05) is 5.32 Å². The zero-order chi connectivity index (χ0) is 20.2. The summed E-state index contributed by atoms with van der Waals surface area (Å²) < 4.78 is 44.7. The fraction of sp³-hybridized carbons (Fsp3) is 0.125. The van der Waals surface area contributed by atoms with Gasteiger partial charge in [0.05, 0.1) is 16.3 Å². The third kappa shape index (κ3) is 5.66. The highest BCUT2D eigenvalue weighted by molar-refractivity contribution is 6.44. The van der Waals surface area contributed by atoms with Crippen molar-refractivity contribution < 1.29 is 27.5 Å². The van der Waals surface area contributed by atoms with Crippen molar-refractivity contribution in [2.24, 2.45) is 0 Å². The molecule has 11 heteroatoms. The summed E-state index contributed by atoms with van der Waals surface area (Å²) in [5.74, 6) is -2.47. The summed E-state index contributed by atoms with van der Waals surface area (Å²) >= 11 is 16.0. The molecule has 2 aromatic rings. The van der Waals surface area contributed by atoms with E-state index < -0.39 is 34.4 Å². The van der Waals surface area contributed by atoms with Gasteiger partial charge in [-0.2, -0.15) is 8.78 Å². The van der Waals surface area contributed by atoms with E-state index in [0.717, 1.165) is 12.1 Å². The van der Waals surface area contributed by atoms with Gasteiger partial charge in [-0.15, -0.1) is 0 Å². The number of carbonyl (C=O) groups excluding carboxylic acids is 2. The van der Waals surface area contributed by atoms with Gasteiger partial charge in [0.15, 0.2) is 0 Å². The van der Waals surface area contributed by atoms with Gasteiger partial charge in [-0.05, 0) is 24.3 Å². The Balaban J connectivity index is 2.04. The Morgan fingerprint density at radius 2 is 1.78 bits per heavy atom. The van der Waals surface area contributed by atoms with E-state index in [-0.39, 0.29) is 16.3 Å². The molecule has 5 nitrogen and oxygen atoms in total. The highest BCUT2D eigenvalue weighted by Crippen LogP contribution is 2.31. The van der Waals surface area contributed by atoms with Gasteiger partial charge in [-0.25, -0.2) is 9.18 Å². The number of nitrogens with one attached hydrogen (secondary N) is 2. The van der Waals surface area contributed by atoms with Gasteiger partial charge in [0.25, 0.3) is 5.91 Å². The molecule has 0 heterocycles. The standard InChI is InChI=1S/C16H10Cl3F3N2O3/c17-10-4-2-1-3-9(10)13(25)24-15(26)23-12-6-5-8(7-11(12)20)27-16(21,22)14(18)19/h1-7,14H,(H2,23,24,25,26). The maximum absolute atomic E-state index is 14.0. The van der Waals surface area contributed by atoms with Crippen molar-refractivity contribution in [2.45, 2.75) is 10.9 Å². The highest BCUT2D eigenvalue weighted by atomic mass is 35.5. The average Bonchev–Trinajstić information content (AvgIpc) is 2.57. The first-order valence-corrected chi connectivity index (χ1v) is 8.36. The van der Waals surface area contributed by atoms with Gasteiger partial charge in [0, 0.05) is 6.07 Å². The summed E-state index contributed by atoms with van der Waals surface area (Å²) in [7, 11) is 0. The molecule has 0 aliphatic heterocycles. The molecular weight excluding hydrogens is 432 g/mol. The molecule has 0 aliphatic rings. The number of halogens is 6. The molecule has 0 unspecified atom stereocenters. The molecule has 0 bridgehead atoms. The van der Waals surface area contributed by atoms with Crippen molar-refractivity contribution in [3.63, 3.8) is 0 Å². The van der Waals surface area contributed by atoms with Crippen LogP contribution in [-0.2, 0) is 0 Å². The van der Waals surface area contributed by atoms with Crippen LogP contribution in [0.25, 0.3) is 0 Å². The van der Waals surface area contributed by atoms with Crippen LogP contribution in [-0.4, -0.2) is 22.9 Å². The second kappa shape index (κ2) is 8.69. The maximum Gasteiger partial charge on any atom is 0.428 e. The van der Waals surface area contributed by atoms with Crippen molar-refractivity contribution in [3.05, 3.63) is 58.9 Å². The highest BCUT2D eigenvalue weighted by Gasteiger charge is 2.40. The van der Waals surface area contributed by atoms with Crippen LogP contribution in [0.2, 0.25) is 5.02 Å². The minimum atomic E-state index is -3.94. The van der Waals surface area contributed by atoms with Crippen LogP contribution in [0, 0.1) is 5.82 Å². The van der Waals surface area contributed by atoms with Gasteiger partial charge < -0.3 is 10.1 Å². The summed E-state index contributed by atoms with van der Waals surface area (Å²) in [4.78, 5) is 21.6. The van der Waals surface area contributed by atoms with Crippen LogP contribution in [0.4, 0.5) is 23.7 Å². The van der Waals surface area contributed by atoms with Crippen LogP contribution < -0.4 is 15.4 Å². The molecule has 0 saturated heterocycles. The molecule has 0 saturated carbocycles. The van der Waals surface area contributed by atoms with Crippen LogP contribution >= 0.6 is 34.8 Å². The first kappa shape index (κ1) is 21.1. The molecule has 0 radical (unpaired) electrons. The second-order valence-corrected chi connectivity index (χ2v) is 6.50. The normalized spacial score (nSPS) is 11.2. The van der Waals surface area contributed by atoms with Gasteiger partial charge >= 0.3 is 12.1 Å². The quantitative estimate of drug-likeness (QED) is 0.626. The maximum atomic E-state index is 14.0. The van der Waals surface area contributed by atoms with Crippen molar-refractivity contribution in [1.82, 2.24) is 5.32 Å². The summed E-state index contributed by atoms with van der Waals surface area (Å²) in [6.45, 7) is 0. The largest absolute Gasteiger partial charge is 0.430 e. The molecule has 3 amide bonds. The monoisotopic (exact) mass is 440 g/mol. The third-order valence-electron chi connectivity index (χ3n) is 3.04. The number of alkyl halides is 4. The van der Waals surface area contributed by atoms with Gasteiger partial charge in [-0.1, -0.05) is 46.9 Å². The van der Waals surface area contributed by atoms with Crippen molar-refractivity contribution in [3.8, 4) is 5.75 Å². The molecule has 27 heavy (non-hydrogen) atoms. The Hall–Kier alpha value is -2.16. The Kier molecular flexibility index (Phi) is 6.80. The summed E-state index contributed by atoms with van der Waals surface area (Å²) in [5.41, 5.74) is -0.346. The minimum absolute atomic E-state index is 0.0393. The molecule has 0 aromatic heterocycles.